The summed E-state index contributed by atoms with van der Waals surface area (Å²) >= 11 is 0. The number of anilines is 1. The van der Waals surface area contributed by atoms with Gasteiger partial charge in [0.1, 0.15) is 12.4 Å². The van der Waals surface area contributed by atoms with Gasteiger partial charge in [0, 0.05) is 48.6 Å². The van der Waals surface area contributed by atoms with Crippen LogP contribution in [-0.4, -0.2) is 73.4 Å². The number of carbonyl (C=O) groups excluding carboxylic acids is 4. The Bertz CT molecular complexity index is 2140. The fourth-order valence-electron chi connectivity index (χ4n) is 6.69. The number of aromatic nitrogens is 1. The number of fused-ring (bicyclic) bond motifs is 2. The number of urea groups is 1. The lowest BCUT2D eigenvalue weighted by Gasteiger charge is -2.27. The van der Waals surface area contributed by atoms with Crippen molar-refractivity contribution in [1.29, 1.82) is 0 Å². The first-order chi connectivity index (χ1) is 25.3. The topological polar surface area (TPSA) is 165 Å². The van der Waals surface area contributed by atoms with E-state index in [2.05, 4.69) is 5.32 Å². The number of rotatable bonds is 11. The number of alkyl halides is 3. The molecule has 2 fully saturated rings. The van der Waals surface area contributed by atoms with Crippen LogP contribution >= 0.6 is 0 Å². The van der Waals surface area contributed by atoms with E-state index in [0.29, 0.717) is 59.9 Å². The Kier molecular flexibility index (Phi) is 11.2. The molecule has 4 aromatic rings. The van der Waals surface area contributed by atoms with Gasteiger partial charge in [-0.3, -0.25) is 19.7 Å². The molecule has 2 heterocycles. The minimum atomic E-state index is -6.01. The van der Waals surface area contributed by atoms with Gasteiger partial charge in [-0.2, -0.15) is 21.6 Å². The second-order valence-corrected chi connectivity index (χ2v) is 14.6. The molecule has 1 aromatic heterocycles. The van der Waals surface area contributed by atoms with Gasteiger partial charge in [0.15, 0.2) is 0 Å². The van der Waals surface area contributed by atoms with Crippen LogP contribution in [0.4, 0.5) is 23.7 Å². The van der Waals surface area contributed by atoms with Crippen molar-refractivity contribution < 1.29 is 50.2 Å². The predicted octanol–water partition coefficient (Wildman–Crippen LogP) is 5.43. The molecule has 17 heteroatoms. The molecule has 3 aromatic carbocycles. The Labute approximate surface area is 302 Å². The molecule has 282 valence electrons. The zero-order chi connectivity index (χ0) is 37.8. The van der Waals surface area contributed by atoms with E-state index in [1.165, 1.54) is 0 Å². The summed E-state index contributed by atoms with van der Waals surface area (Å²) in [5.74, 6) is -0.965. The average molecular weight is 758 g/mol. The highest BCUT2D eigenvalue weighted by Gasteiger charge is 2.47. The van der Waals surface area contributed by atoms with Gasteiger partial charge >= 0.3 is 21.6 Å². The van der Waals surface area contributed by atoms with E-state index in [9.17, 15) is 40.8 Å². The number of hydrogen-bond donors (Lipinski definition) is 3. The van der Waals surface area contributed by atoms with Crippen LogP contribution < -0.4 is 20.1 Å². The normalized spacial score (nSPS) is 15.4. The van der Waals surface area contributed by atoms with Crippen LogP contribution in [0.5, 0.6) is 5.75 Å². The second-order valence-electron chi connectivity index (χ2n) is 12.9. The zero-order valence-corrected chi connectivity index (χ0v) is 29.4. The molecule has 0 atom stereocenters. The van der Waals surface area contributed by atoms with Gasteiger partial charge in [0.2, 0.25) is 11.8 Å². The standard InChI is InChI=1S/C36H38F3N5O8S/c37-36(38,39)53(49,50)42-35(48)41-31(45)10-5-15-44-29-14-12-26(40-33(46)24-7-2-3-8-24)21-28(29)32(34(47)43-16-18-51-19-17-43)30(44)22-52-27-13-11-23-6-1-4-9-25(23)20-27/h1,4,6,9,11-14,20-21,24H,2-3,5,7-8,10,15-19,22H2,(H,40,46)(H2,41,42,45,48). The monoisotopic (exact) mass is 757 g/mol. The molecular weight excluding hydrogens is 719 g/mol. The van der Waals surface area contributed by atoms with Crippen LogP contribution in [0.2, 0.25) is 0 Å². The minimum absolute atomic E-state index is 0.0310. The number of imide groups is 1. The number of hydrogen-bond acceptors (Lipinski definition) is 8. The van der Waals surface area contributed by atoms with Gasteiger partial charge in [-0.25, -0.2) is 9.52 Å². The predicted molar refractivity (Wildman–Crippen MR) is 188 cm³/mol. The first-order valence-corrected chi connectivity index (χ1v) is 18.7. The highest BCUT2D eigenvalue weighted by atomic mass is 32.2. The molecule has 1 aliphatic carbocycles. The molecular formula is C36H38F3N5O8S. The maximum absolute atomic E-state index is 14.3. The summed E-state index contributed by atoms with van der Waals surface area (Å²) in [5, 5.41) is 7.09. The molecule has 0 radical (unpaired) electrons. The summed E-state index contributed by atoms with van der Waals surface area (Å²) in [6.45, 7) is 1.41. The molecule has 1 aliphatic heterocycles. The zero-order valence-electron chi connectivity index (χ0n) is 28.5. The number of amides is 5. The number of aryl methyl sites for hydroxylation is 1. The Hall–Kier alpha value is -5.16. The van der Waals surface area contributed by atoms with E-state index in [-0.39, 0.29) is 43.7 Å². The minimum Gasteiger partial charge on any atom is -0.487 e. The van der Waals surface area contributed by atoms with Gasteiger partial charge in [-0.15, -0.1) is 0 Å². The van der Waals surface area contributed by atoms with Gasteiger partial charge in [0.25, 0.3) is 5.91 Å². The third-order valence-corrected chi connectivity index (χ3v) is 10.4. The number of nitrogens with zero attached hydrogens (tertiary/aromatic N) is 2. The van der Waals surface area contributed by atoms with Crippen molar-refractivity contribution >= 4 is 61.1 Å². The number of morpholine rings is 1. The highest BCUT2D eigenvalue weighted by Crippen LogP contribution is 2.33. The van der Waals surface area contributed by atoms with E-state index in [1.54, 1.807) is 33.0 Å². The number of sulfonamides is 1. The SMILES string of the molecule is O=C(CCCn1c(COc2ccc3ccccc3c2)c(C(=O)N2CCOCC2)c2cc(NC(=O)C3CCCC3)ccc21)NC(=O)NS(=O)(=O)C(F)(F)F. The Morgan fingerprint density at radius 3 is 2.36 bits per heavy atom. The number of benzene rings is 3. The fourth-order valence-corrected chi connectivity index (χ4v) is 7.10. The Morgan fingerprint density at radius 2 is 1.64 bits per heavy atom. The molecule has 0 spiro atoms. The molecule has 5 amide bonds. The summed E-state index contributed by atoms with van der Waals surface area (Å²) in [7, 11) is -6.01. The Morgan fingerprint density at radius 1 is 0.925 bits per heavy atom. The maximum atomic E-state index is 14.3. The van der Waals surface area contributed by atoms with Crippen molar-refractivity contribution in [1.82, 2.24) is 19.5 Å². The van der Waals surface area contributed by atoms with E-state index in [4.69, 9.17) is 9.47 Å². The van der Waals surface area contributed by atoms with Gasteiger partial charge < -0.3 is 24.3 Å². The van der Waals surface area contributed by atoms with Crippen LogP contribution in [0.15, 0.2) is 60.7 Å². The number of carbonyl (C=O) groups is 4. The molecule has 3 N–H and O–H groups in total. The lowest BCUT2D eigenvalue weighted by atomic mass is 10.1. The molecule has 2 aliphatic rings. The van der Waals surface area contributed by atoms with Gasteiger partial charge in [-0.1, -0.05) is 43.2 Å². The van der Waals surface area contributed by atoms with Crippen LogP contribution in [0, 0.1) is 5.92 Å². The van der Waals surface area contributed by atoms with Crippen molar-refractivity contribution in [3.63, 3.8) is 0 Å². The summed E-state index contributed by atoms with van der Waals surface area (Å²) in [6.07, 6.45) is 3.21. The summed E-state index contributed by atoms with van der Waals surface area (Å²) in [5.41, 5.74) is -3.85. The third kappa shape index (κ3) is 8.73. The van der Waals surface area contributed by atoms with Crippen LogP contribution in [0.25, 0.3) is 21.7 Å². The maximum Gasteiger partial charge on any atom is 0.516 e. The molecule has 1 saturated carbocycles. The Balaban J connectivity index is 1.32. The lowest BCUT2D eigenvalue weighted by Crippen LogP contribution is -2.47. The molecule has 6 rings (SSSR count). The molecule has 1 saturated heterocycles. The highest BCUT2D eigenvalue weighted by molar-refractivity contribution is 7.90. The van der Waals surface area contributed by atoms with E-state index in [1.807, 2.05) is 42.5 Å². The third-order valence-electron chi connectivity index (χ3n) is 9.34. The van der Waals surface area contributed by atoms with Crippen LogP contribution in [0.1, 0.15) is 54.6 Å². The van der Waals surface area contributed by atoms with Gasteiger partial charge in [0.05, 0.1) is 24.5 Å². The number of ether oxygens (including phenoxy) is 2. The largest absolute Gasteiger partial charge is 0.516 e. The molecule has 0 bridgehead atoms. The van der Waals surface area contributed by atoms with E-state index in [0.717, 1.165) is 41.2 Å². The smallest absolute Gasteiger partial charge is 0.487 e. The number of nitrogens with one attached hydrogen (secondary N) is 3. The summed E-state index contributed by atoms with van der Waals surface area (Å²) in [4.78, 5) is 53.5. The van der Waals surface area contributed by atoms with Crippen molar-refractivity contribution in [2.45, 2.75) is 57.2 Å². The van der Waals surface area contributed by atoms with Crippen molar-refractivity contribution in [3.8, 4) is 5.75 Å². The molecule has 0 unspecified atom stereocenters. The molecule has 13 nitrogen and oxygen atoms in total. The first kappa shape index (κ1) is 37.6. The van der Waals surface area contributed by atoms with Crippen molar-refractivity contribution in [3.05, 3.63) is 71.9 Å². The molecule has 53 heavy (non-hydrogen) atoms. The van der Waals surface area contributed by atoms with Crippen LogP contribution in [-0.2, 0) is 37.5 Å². The quantitative estimate of drug-likeness (QED) is 0.182. The summed E-state index contributed by atoms with van der Waals surface area (Å²) < 4.78 is 74.9. The fraction of sp³-hybridized carbons (Fsp3) is 0.389. The lowest BCUT2D eigenvalue weighted by molar-refractivity contribution is -0.120. The van der Waals surface area contributed by atoms with Crippen molar-refractivity contribution in [2.24, 2.45) is 5.92 Å². The summed E-state index contributed by atoms with van der Waals surface area (Å²) in [6, 6.07) is 16.7. The van der Waals surface area contributed by atoms with E-state index >= 15 is 0 Å². The first-order valence-electron chi connectivity index (χ1n) is 17.2. The van der Waals surface area contributed by atoms with Gasteiger partial charge in [-0.05, 0) is 60.4 Å². The van der Waals surface area contributed by atoms with Crippen molar-refractivity contribution in [2.75, 3.05) is 31.6 Å². The van der Waals surface area contributed by atoms with Crippen LogP contribution in [0.3, 0.4) is 0 Å². The van der Waals surface area contributed by atoms with E-state index < -0.39 is 27.5 Å². The number of halogens is 3. The second kappa shape index (κ2) is 15.8. The average Bonchev–Trinajstić information content (AvgIpc) is 3.77.